The van der Waals surface area contributed by atoms with E-state index in [1.54, 1.807) is 12.1 Å². The minimum Gasteiger partial charge on any atom is -0.313 e. The number of rotatable bonds is 7. The minimum absolute atomic E-state index is 0.0523. The van der Waals surface area contributed by atoms with E-state index < -0.39 is 10.0 Å². The summed E-state index contributed by atoms with van der Waals surface area (Å²) < 4.78 is 27.1. The highest BCUT2D eigenvalue weighted by atomic mass is 32.2. The van der Waals surface area contributed by atoms with E-state index >= 15 is 0 Å². The minimum atomic E-state index is -3.41. The van der Waals surface area contributed by atoms with Gasteiger partial charge < -0.3 is 5.32 Å². The van der Waals surface area contributed by atoms with Crippen LogP contribution in [-0.2, 0) is 16.6 Å². The molecule has 0 saturated carbocycles. The van der Waals surface area contributed by atoms with Crippen LogP contribution in [0, 0.1) is 6.92 Å². The lowest BCUT2D eigenvalue weighted by Gasteiger charge is -2.14. The fraction of sp³-hybridized carbons (Fsp3) is 0.571. The van der Waals surface area contributed by atoms with E-state index in [-0.39, 0.29) is 6.04 Å². The Hall–Kier alpha value is -0.910. The van der Waals surface area contributed by atoms with Gasteiger partial charge in [-0.15, -0.1) is 0 Å². The molecule has 0 amide bonds. The first-order valence-corrected chi connectivity index (χ1v) is 8.21. The van der Waals surface area contributed by atoms with Gasteiger partial charge in [-0.25, -0.2) is 13.1 Å². The van der Waals surface area contributed by atoms with Gasteiger partial charge in [-0.05, 0) is 50.1 Å². The van der Waals surface area contributed by atoms with E-state index in [4.69, 9.17) is 0 Å². The first kappa shape index (κ1) is 16.1. The molecule has 0 spiro atoms. The highest BCUT2D eigenvalue weighted by Gasteiger charge is 2.17. The Morgan fingerprint density at radius 1 is 1.26 bits per heavy atom. The fourth-order valence-corrected chi connectivity index (χ4v) is 3.06. The molecule has 0 radical (unpaired) electrons. The maximum Gasteiger partial charge on any atom is 0.240 e. The smallest absolute Gasteiger partial charge is 0.240 e. The highest BCUT2D eigenvalue weighted by molar-refractivity contribution is 7.89. The summed E-state index contributed by atoms with van der Waals surface area (Å²) in [4.78, 5) is 0.339. The number of benzene rings is 1. The monoisotopic (exact) mass is 284 g/mol. The van der Waals surface area contributed by atoms with E-state index in [1.807, 2.05) is 33.8 Å². The molecule has 0 aliphatic rings. The summed E-state index contributed by atoms with van der Waals surface area (Å²) in [5.74, 6) is 0. The van der Waals surface area contributed by atoms with Crippen LogP contribution in [0.2, 0.25) is 0 Å². The number of sulfonamides is 1. The zero-order valence-corrected chi connectivity index (χ0v) is 13.0. The van der Waals surface area contributed by atoms with Crippen LogP contribution in [0.3, 0.4) is 0 Å². The van der Waals surface area contributed by atoms with Crippen molar-refractivity contribution >= 4 is 10.0 Å². The third-order valence-electron chi connectivity index (χ3n) is 3.17. The number of hydrogen-bond acceptors (Lipinski definition) is 3. The summed E-state index contributed by atoms with van der Waals surface area (Å²) in [5, 5.41) is 3.22. The Labute approximate surface area is 116 Å². The Morgan fingerprint density at radius 3 is 2.53 bits per heavy atom. The Kier molecular flexibility index (Phi) is 5.97. The lowest BCUT2D eigenvalue weighted by molar-refractivity contribution is 0.555. The van der Waals surface area contributed by atoms with Crippen LogP contribution in [0.4, 0.5) is 0 Å². The third-order valence-corrected chi connectivity index (χ3v) is 4.75. The second-order valence-electron chi connectivity index (χ2n) is 4.80. The van der Waals surface area contributed by atoms with Crippen LogP contribution in [0.25, 0.3) is 0 Å². The summed E-state index contributed by atoms with van der Waals surface area (Å²) in [6, 6.07) is 5.22. The van der Waals surface area contributed by atoms with Crippen molar-refractivity contribution in [2.45, 2.75) is 51.6 Å². The molecule has 1 unspecified atom stereocenters. The van der Waals surface area contributed by atoms with Crippen LogP contribution in [-0.4, -0.2) is 21.0 Å². The van der Waals surface area contributed by atoms with E-state index in [1.165, 1.54) is 0 Å². The molecule has 0 aromatic heterocycles. The normalized spacial score (nSPS) is 13.5. The van der Waals surface area contributed by atoms with Crippen LogP contribution in [0.5, 0.6) is 0 Å². The van der Waals surface area contributed by atoms with Crippen molar-refractivity contribution in [1.82, 2.24) is 10.0 Å². The second kappa shape index (κ2) is 7.03. The highest BCUT2D eigenvalue weighted by Crippen LogP contribution is 2.16. The fourth-order valence-electron chi connectivity index (χ4n) is 1.68. The molecule has 1 aromatic carbocycles. The first-order valence-electron chi connectivity index (χ1n) is 6.73. The molecule has 1 aromatic rings. The molecule has 0 aliphatic carbocycles. The average molecular weight is 284 g/mol. The van der Waals surface area contributed by atoms with Crippen molar-refractivity contribution in [2.75, 3.05) is 6.54 Å². The molecular formula is C14H24N2O2S. The maximum absolute atomic E-state index is 12.2. The topological polar surface area (TPSA) is 58.2 Å². The van der Waals surface area contributed by atoms with Gasteiger partial charge in [0.25, 0.3) is 0 Å². The maximum atomic E-state index is 12.2. The van der Waals surface area contributed by atoms with Gasteiger partial charge in [0, 0.05) is 12.6 Å². The summed E-state index contributed by atoms with van der Waals surface area (Å²) in [6.45, 7) is 9.40. The van der Waals surface area contributed by atoms with Gasteiger partial charge in [0.1, 0.15) is 0 Å². The Balaban J connectivity index is 3.00. The molecule has 0 bridgehead atoms. The largest absolute Gasteiger partial charge is 0.313 e. The molecule has 2 N–H and O–H groups in total. The third kappa shape index (κ3) is 4.60. The molecule has 0 aliphatic heterocycles. The van der Waals surface area contributed by atoms with Crippen molar-refractivity contribution in [3.8, 4) is 0 Å². The van der Waals surface area contributed by atoms with Crippen molar-refractivity contribution in [3.63, 3.8) is 0 Å². The van der Waals surface area contributed by atoms with Crippen LogP contribution >= 0.6 is 0 Å². The lowest BCUT2D eigenvalue weighted by atomic mass is 10.1. The predicted molar refractivity (Wildman–Crippen MR) is 78.6 cm³/mol. The van der Waals surface area contributed by atoms with Gasteiger partial charge >= 0.3 is 0 Å². The summed E-state index contributed by atoms with van der Waals surface area (Å²) >= 11 is 0. The molecule has 108 valence electrons. The molecule has 1 rings (SSSR count). The molecule has 0 saturated heterocycles. The van der Waals surface area contributed by atoms with Crippen molar-refractivity contribution in [1.29, 1.82) is 0 Å². The number of nitrogens with one attached hydrogen (secondary N) is 2. The van der Waals surface area contributed by atoms with Gasteiger partial charge in [0.05, 0.1) is 4.90 Å². The molecule has 19 heavy (non-hydrogen) atoms. The van der Waals surface area contributed by atoms with Crippen LogP contribution in [0.1, 0.15) is 38.3 Å². The van der Waals surface area contributed by atoms with Crippen LogP contribution in [0.15, 0.2) is 23.1 Å². The number of aryl methyl sites for hydroxylation is 1. The molecule has 0 heterocycles. The summed E-state index contributed by atoms with van der Waals surface area (Å²) in [6.07, 6.45) is 0.773. The standard InChI is InChI=1S/C14H24N2O2S/c1-5-12(4)16-19(17,18)14-8-7-11(3)13(9-14)10-15-6-2/h7-9,12,15-16H,5-6,10H2,1-4H3. The SMILES string of the molecule is CCNCc1cc(S(=O)(=O)NC(C)CC)ccc1C. The number of hydrogen-bond donors (Lipinski definition) is 2. The van der Waals surface area contributed by atoms with E-state index in [0.29, 0.717) is 11.4 Å². The van der Waals surface area contributed by atoms with Gasteiger partial charge in [-0.3, -0.25) is 0 Å². The van der Waals surface area contributed by atoms with Gasteiger partial charge in [-0.2, -0.15) is 0 Å². The Morgan fingerprint density at radius 2 is 1.95 bits per heavy atom. The predicted octanol–water partition coefficient (Wildman–Crippen LogP) is 2.18. The zero-order chi connectivity index (χ0) is 14.5. The van der Waals surface area contributed by atoms with Gasteiger partial charge in [0.15, 0.2) is 0 Å². The molecule has 5 heteroatoms. The lowest BCUT2D eigenvalue weighted by Crippen LogP contribution is -2.32. The zero-order valence-electron chi connectivity index (χ0n) is 12.2. The second-order valence-corrected chi connectivity index (χ2v) is 6.51. The Bertz CT molecular complexity index is 512. The van der Waals surface area contributed by atoms with Crippen molar-refractivity contribution < 1.29 is 8.42 Å². The van der Waals surface area contributed by atoms with E-state index in [0.717, 1.165) is 24.1 Å². The quantitative estimate of drug-likeness (QED) is 0.807. The molecule has 4 nitrogen and oxygen atoms in total. The van der Waals surface area contributed by atoms with E-state index in [9.17, 15) is 8.42 Å². The van der Waals surface area contributed by atoms with Gasteiger partial charge in [0.2, 0.25) is 10.0 Å². The van der Waals surface area contributed by atoms with Crippen molar-refractivity contribution in [3.05, 3.63) is 29.3 Å². The summed E-state index contributed by atoms with van der Waals surface area (Å²) in [5.41, 5.74) is 2.12. The summed E-state index contributed by atoms with van der Waals surface area (Å²) in [7, 11) is -3.41. The van der Waals surface area contributed by atoms with E-state index in [2.05, 4.69) is 10.0 Å². The molecule has 0 fully saturated rings. The van der Waals surface area contributed by atoms with Crippen molar-refractivity contribution in [2.24, 2.45) is 0 Å². The van der Waals surface area contributed by atoms with Gasteiger partial charge in [-0.1, -0.05) is 19.9 Å². The first-order chi connectivity index (χ1) is 8.90. The average Bonchev–Trinajstić information content (AvgIpc) is 2.36. The molecular weight excluding hydrogens is 260 g/mol. The molecule has 1 atom stereocenters. The van der Waals surface area contributed by atoms with Crippen LogP contribution < -0.4 is 10.0 Å².